The number of aliphatic hydroxyl groups is 1. The summed E-state index contributed by atoms with van der Waals surface area (Å²) in [5, 5.41) is 9.73. The predicted molar refractivity (Wildman–Crippen MR) is 56.6 cm³/mol. The SMILES string of the molecule is COc1ccc(F)c(C(O)C(C)N)c1Cl. The number of benzene rings is 1. The molecule has 0 aliphatic heterocycles. The summed E-state index contributed by atoms with van der Waals surface area (Å²) in [6, 6.07) is 1.98. The van der Waals surface area contributed by atoms with E-state index in [9.17, 15) is 9.50 Å². The monoisotopic (exact) mass is 233 g/mol. The van der Waals surface area contributed by atoms with Crippen molar-refractivity contribution in [3.05, 3.63) is 28.5 Å². The van der Waals surface area contributed by atoms with Crippen molar-refractivity contribution in [1.82, 2.24) is 0 Å². The van der Waals surface area contributed by atoms with Gasteiger partial charge < -0.3 is 15.6 Å². The standard InChI is InChI=1S/C10H13ClFNO2/c1-5(13)10(14)8-6(12)3-4-7(15-2)9(8)11/h3-5,10,14H,13H2,1-2H3. The van der Waals surface area contributed by atoms with Crippen LogP contribution in [0.2, 0.25) is 5.02 Å². The molecule has 0 aromatic heterocycles. The molecule has 0 aliphatic rings. The van der Waals surface area contributed by atoms with E-state index >= 15 is 0 Å². The fraction of sp³-hybridized carbons (Fsp3) is 0.400. The number of halogens is 2. The van der Waals surface area contributed by atoms with Crippen molar-refractivity contribution in [2.45, 2.75) is 19.1 Å². The van der Waals surface area contributed by atoms with Crippen LogP contribution in [-0.4, -0.2) is 18.3 Å². The van der Waals surface area contributed by atoms with Gasteiger partial charge >= 0.3 is 0 Å². The largest absolute Gasteiger partial charge is 0.495 e. The molecule has 1 aromatic carbocycles. The van der Waals surface area contributed by atoms with Gasteiger partial charge in [0.25, 0.3) is 0 Å². The van der Waals surface area contributed by atoms with Crippen molar-refractivity contribution in [1.29, 1.82) is 0 Å². The Morgan fingerprint density at radius 2 is 2.13 bits per heavy atom. The highest BCUT2D eigenvalue weighted by Gasteiger charge is 2.22. The highest BCUT2D eigenvalue weighted by atomic mass is 35.5. The normalized spacial score (nSPS) is 14.8. The molecule has 0 fully saturated rings. The zero-order chi connectivity index (χ0) is 11.6. The van der Waals surface area contributed by atoms with Crippen LogP contribution in [0.3, 0.4) is 0 Å². The van der Waals surface area contributed by atoms with Crippen molar-refractivity contribution in [3.8, 4) is 5.75 Å². The topological polar surface area (TPSA) is 55.5 Å². The van der Waals surface area contributed by atoms with Gasteiger partial charge in [0.1, 0.15) is 11.6 Å². The van der Waals surface area contributed by atoms with E-state index in [1.165, 1.54) is 19.2 Å². The lowest BCUT2D eigenvalue weighted by molar-refractivity contribution is 0.148. The van der Waals surface area contributed by atoms with E-state index < -0.39 is 18.0 Å². The molecular weight excluding hydrogens is 221 g/mol. The Balaban J connectivity index is 3.26. The third-order valence-electron chi connectivity index (χ3n) is 2.10. The van der Waals surface area contributed by atoms with Crippen LogP contribution < -0.4 is 10.5 Å². The minimum atomic E-state index is -1.15. The number of hydrogen-bond acceptors (Lipinski definition) is 3. The van der Waals surface area contributed by atoms with Gasteiger partial charge in [-0.05, 0) is 19.1 Å². The molecule has 84 valence electrons. The van der Waals surface area contributed by atoms with Crippen molar-refractivity contribution in [2.24, 2.45) is 5.73 Å². The summed E-state index contributed by atoms with van der Waals surface area (Å²) in [6.07, 6.45) is -1.15. The fourth-order valence-corrected chi connectivity index (χ4v) is 1.58. The number of aliphatic hydroxyl groups excluding tert-OH is 1. The summed E-state index contributed by atoms with van der Waals surface area (Å²) >= 11 is 5.87. The summed E-state index contributed by atoms with van der Waals surface area (Å²) in [5.41, 5.74) is 5.46. The highest BCUT2D eigenvalue weighted by molar-refractivity contribution is 6.32. The molecule has 1 rings (SSSR count). The summed E-state index contributed by atoms with van der Waals surface area (Å²) in [7, 11) is 1.42. The molecule has 0 amide bonds. The maximum atomic E-state index is 13.4. The number of hydrogen-bond donors (Lipinski definition) is 2. The molecule has 0 heterocycles. The average Bonchev–Trinajstić information content (AvgIpc) is 2.17. The first kappa shape index (κ1) is 12.2. The van der Waals surface area contributed by atoms with E-state index in [4.69, 9.17) is 22.1 Å². The van der Waals surface area contributed by atoms with Crippen LogP contribution in [-0.2, 0) is 0 Å². The molecular formula is C10H13ClFNO2. The second-order valence-corrected chi connectivity index (χ2v) is 3.66. The van der Waals surface area contributed by atoms with Gasteiger partial charge in [0.05, 0.1) is 18.2 Å². The van der Waals surface area contributed by atoms with Gasteiger partial charge in [0.2, 0.25) is 0 Å². The molecule has 5 heteroatoms. The third-order valence-corrected chi connectivity index (χ3v) is 2.49. The first-order valence-electron chi connectivity index (χ1n) is 4.44. The van der Waals surface area contributed by atoms with Crippen molar-refractivity contribution < 1.29 is 14.2 Å². The third kappa shape index (κ3) is 2.40. The Labute approximate surface area is 92.6 Å². The van der Waals surface area contributed by atoms with Crippen LogP contribution in [0.4, 0.5) is 4.39 Å². The molecule has 2 atom stereocenters. The van der Waals surface area contributed by atoms with Crippen LogP contribution >= 0.6 is 11.6 Å². The lowest BCUT2D eigenvalue weighted by Gasteiger charge is -2.18. The van der Waals surface area contributed by atoms with Gasteiger partial charge in [0, 0.05) is 11.6 Å². The Hall–Kier alpha value is -0.840. The smallest absolute Gasteiger partial charge is 0.138 e. The Kier molecular flexibility index (Phi) is 3.90. The van der Waals surface area contributed by atoms with Crippen LogP contribution in [0.1, 0.15) is 18.6 Å². The Bertz CT molecular complexity index is 358. The molecule has 0 radical (unpaired) electrons. The van der Waals surface area contributed by atoms with Crippen molar-refractivity contribution >= 4 is 11.6 Å². The van der Waals surface area contributed by atoms with Gasteiger partial charge in [-0.2, -0.15) is 0 Å². The maximum Gasteiger partial charge on any atom is 0.138 e. The number of rotatable bonds is 3. The molecule has 15 heavy (non-hydrogen) atoms. The number of ether oxygens (including phenoxy) is 1. The minimum absolute atomic E-state index is 0.0222. The zero-order valence-electron chi connectivity index (χ0n) is 8.50. The van der Waals surface area contributed by atoms with E-state index in [0.29, 0.717) is 5.75 Å². The van der Waals surface area contributed by atoms with Crippen molar-refractivity contribution in [3.63, 3.8) is 0 Å². The predicted octanol–water partition coefficient (Wildman–Crippen LogP) is 1.87. The van der Waals surface area contributed by atoms with Gasteiger partial charge in [-0.3, -0.25) is 0 Å². The van der Waals surface area contributed by atoms with E-state index in [1.807, 2.05) is 0 Å². The zero-order valence-corrected chi connectivity index (χ0v) is 9.25. The lowest BCUT2D eigenvalue weighted by atomic mass is 10.0. The first-order valence-corrected chi connectivity index (χ1v) is 4.82. The average molecular weight is 234 g/mol. The van der Waals surface area contributed by atoms with Gasteiger partial charge in [-0.25, -0.2) is 4.39 Å². The van der Waals surface area contributed by atoms with Gasteiger partial charge in [0.15, 0.2) is 0 Å². The molecule has 3 nitrogen and oxygen atoms in total. The fourth-order valence-electron chi connectivity index (χ4n) is 1.24. The number of methoxy groups -OCH3 is 1. The number of nitrogens with two attached hydrogens (primary N) is 1. The molecule has 0 aliphatic carbocycles. The van der Waals surface area contributed by atoms with Crippen LogP contribution in [0, 0.1) is 5.82 Å². The van der Waals surface area contributed by atoms with Crippen LogP contribution in [0.25, 0.3) is 0 Å². The van der Waals surface area contributed by atoms with E-state index in [2.05, 4.69) is 0 Å². The Morgan fingerprint density at radius 1 is 1.53 bits per heavy atom. The first-order chi connectivity index (χ1) is 6.99. The van der Waals surface area contributed by atoms with Crippen LogP contribution in [0.15, 0.2) is 12.1 Å². The van der Waals surface area contributed by atoms with E-state index in [0.717, 1.165) is 0 Å². The van der Waals surface area contributed by atoms with Crippen LogP contribution in [0.5, 0.6) is 5.75 Å². The van der Waals surface area contributed by atoms with E-state index in [1.54, 1.807) is 6.92 Å². The molecule has 1 aromatic rings. The second-order valence-electron chi connectivity index (χ2n) is 3.28. The maximum absolute atomic E-state index is 13.4. The Morgan fingerprint density at radius 3 is 2.60 bits per heavy atom. The van der Waals surface area contributed by atoms with Gasteiger partial charge in [-0.15, -0.1) is 0 Å². The van der Waals surface area contributed by atoms with Crippen molar-refractivity contribution in [2.75, 3.05) is 7.11 Å². The summed E-state index contributed by atoms with van der Waals surface area (Å²) < 4.78 is 18.3. The lowest BCUT2D eigenvalue weighted by Crippen LogP contribution is -2.25. The molecule has 0 spiro atoms. The molecule has 0 bridgehead atoms. The summed E-state index contributed by atoms with van der Waals surface area (Å²) in [5.74, 6) is -0.279. The summed E-state index contributed by atoms with van der Waals surface area (Å²) in [6.45, 7) is 1.57. The van der Waals surface area contributed by atoms with E-state index in [-0.39, 0.29) is 10.6 Å². The summed E-state index contributed by atoms with van der Waals surface area (Å²) in [4.78, 5) is 0. The highest BCUT2D eigenvalue weighted by Crippen LogP contribution is 2.34. The molecule has 3 N–H and O–H groups in total. The molecule has 0 saturated carbocycles. The molecule has 0 saturated heterocycles. The second kappa shape index (κ2) is 4.79. The molecule has 2 unspecified atom stereocenters. The quantitative estimate of drug-likeness (QED) is 0.838. The minimum Gasteiger partial charge on any atom is -0.495 e. The van der Waals surface area contributed by atoms with Gasteiger partial charge in [-0.1, -0.05) is 11.6 Å².